The number of benzene rings is 4. The van der Waals surface area contributed by atoms with Gasteiger partial charge in [0.2, 0.25) is 0 Å². The first-order valence-electron chi connectivity index (χ1n) is 14.3. The standard InChI is InChI=1S/C21H25.C13H8Cl2.C5H5.2ClH.Hf/c1-20(2,3)16-7-9-18-14(12-16)11-15-13-17(21(4,5)6)8-10-19(15)18;14-12-5-1-3-10(8-12)7-11-4-2-6-13(15)9-11;1-2-4-5-3-1;;;/h7-10,12H,11H2,1-6H3;1-6,8-9H;1-3H,4H2;2*1H;/q-1;;-1;;;+2. The fourth-order valence-electron chi connectivity index (χ4n) is 4.82. The van der Waals surface area contributed by atoms with E-state index in [9.17, 15) is 0 Å². The van der Waals surface area contributed by atoms with Crippen molar-refractivity contribution in [2.75, 3.05) is 0 Å². The third kappa shape index (κ3) is 10.4. The van der Waals surface area contributed by atoms with Gasteiger partial charge in [-0.1, -0.05) is 65.3 Å². The van der Waals surface area contributed by atoms with Gasteiger partial charge in [0, 0.05) is 0 Å². The summed E-state index contributed by atoms with van der Waals surface area (Å²) in [6.07, 6.45) is 11.0. The molecule has 0 fully saturated rings. The number of halogens is 4. The normalized spacial score (nSPS) is 12.4. The Morgan fingerprint density at radius 1 is 0.727 bits per heavy atom. The minimum absolute atomic E-state index is 0. The number of rotatable bonds is 2. The summed E-state index contributed by atoms with van der Waals surface area (Å²) in [5.74, 6) is 0. The summed E-state index contributed by atoms with van der Waals surface area (Å²) in [5.41, 5.74) is 11.1. The van der Waals surface area contributed by atoms with Gasteiger partial charge in [0.1, 0.15) is 0 Å². The van der Waals surface area contributed by atoms with Gasteiger partial charge in [0.05, 0.1) is 0 Å². The van der Waals surface area contributed by atoms with Gasteiger partial charge in [0.25, 0.3) is 0 Å². The van der Waals surface area contributed by atoms with Crippen LogP contribution in [0.15, 0.2) is 97.1 Å². The average Bonchev–Trinajstić information content (AvgIpc) is 3.63. The van der Waals surface area contributed by atoms with Gasteiger partial charge in [-0.05, 0) is 28.4 Å². The van der Waals surface area contributed by atoms with Crippen LogP contribution < -0.4 is 0 Å². The number of hydrogen-bond acceptors (Lipinski definition) is 0. The number of hydrogen-bond donors (Lipinski definition) is 0. The van der Waals surface area contributed by atoms with Gasteiger partial charge in [-0.2, -0.15) is 29.8 Å². The maximum atomic E-state index is 5.98. The Bertz CT molecular complexity index is 1520. The fourth-order valence-corrected chi connectivity index (χ4v) is 6.32. The summed E-state index contributed by atoms with van der Waals surface area (Å²) in [5, 5.41) is 1.54. The molecule has 0 radical (unpaired) electrons. The van der Waals surface area contributed by atoms with Crippen LogP contribution in [0.2, 0.25) is 10.0 Å². The Balaban J connectivity index is 0.000000260. The van der Waals surface area contributed by atoms with Crippen LogP contribution in [-0.2, 0) is 41.1 Å². The Labute approximate surface area is 301 Å². The molecule has 4 aromatic carbocycles. The van der Waals surface area contributed by atoms with Gasteiger partial charge >= 0.3 is 120 Å². The van der Waals surface area contributed by atoms with E-state index in [0.717, 1.165) is 46.8 Å². The van der Waals surface area contributed by atoms with Crippen molar-refractivity contribution in [1.29, 1.82) is 0 Å². The van der Waals surface area contributed by atoms with Crippen molar-refractivity contribution in [2.24, 2.45) is 0 Å². The van der Waals surface area contributed by atoms with Gasteiger partial charge in [-0.3, -0.25) is 6.08 Å². The van der Waals surface area contributed by atoms with E-state index in [2.05, 4.69) is 102 Å². The molecule has 0 bridgehead atoms. The molecule has 5 heteroatoms. The second kappa shape index (κ2) is 16.7. The molecule has 6 rings (SSSR count). The second-order valence-corrected chi connectivity index (χ2v) is 15.4. The fraction of sp³-hybridized carbons (Fsp3) is 0.256. The minimum Gasteiger partial charge on any atom is -0.273 e. The monoisotopic (exact) mass is 828 g/mol. The topological polar surface area (TPSA) is 0 Å². The van der Waals surface area contributed by atoms with Crippen LogP contribution >= 0.6 is 48.0 Å². The molecule has 44 heavy (non-hydrogen) atoms. The molecule has 0 spiro atoms. The maximum absolute atomic E-state index is 5.98. The van der Waals surface area contributed by atoms with Crippen LogP contribution in [0.5, 0.6) is 0 Å². The largest absolute Gasteiger partial charge is 0.273 e. The zero-order valence-electron chi connectivity index (χ0n) is 26.2. The van der Waals surface area contributed by atoms with Crippen molar-refractivity contribution in [3.63, 3.8) is 0 Å². The summed E-state index contributed by atoms with van der Waals surface area (Å²) in [6.45, 7) is 13.6. The van der Waals surface area contributed by atoms with Crippen LogP contribution in [0.3, 0.4) is 0 Å². The smallest absolute Gasteiger partial charge is 0.109 e. The van der Waals surface area contributed by atoms with Gasteiger partial charge in [0.15, 0.2) is 0 Å². The van der Waals surface area contributed by atoms with Gasteiger partial charge < -0.3 is 0 Å². The zero-order chi connectivity index (χ0) is 30.5. The first-order chi connectivity index (χ1) is 19.8. The first kappa shape index (κ1) is 38.4. The van der Waals surface area contributed by atoms with Crippen LogP contribution in [-0.4, -0.2) is 3.26 Å². The van der Waals surface area contributed by atoms with Crippen molar-refractivity contribution in [3.8, 4) is 11.1 Å². The molecular weight excluding hydrogens is 789 g/mol. The van der Waals surface area contributed by atoms with E-state index in [1.165, 1.54) is 47.8 Å². The molecule has 0 saturated carbocycles. The van der Waals surface area contributed by atoms with Gasteiger partial charge in [-0.15, -0.1) is 42.4 Å². The molecule has 0 saturated heterocycles. The molecule has 0 N–H and O–H groups in total. The van der Waals surface area contributed by atoms with E-state index in [0.29, 0.717) is 0 Å². The number of allylic oxidation sites excluding steroid dienone is 4. The Kier molecular flexibility index (Phi) is 14.6. The third-order valence-electron chi connectivity index (χ3n) is 7.28. The molecular formula is C39H40Cl4Hf. The molecule has 2 aliphatic rings. The van der Waals surface area contributed by atoms with Crippen molar-refractivity contribution < 1.29 is 23.9 Å². The molecule has 228 valence electrons. The predicted octanol–water partition coefficient (Wildman–Crippen LogP) is 11.9. The second-order valence-electron chi connectivity index (χ2n) is 12.7. The van der Waals surface area contributed by atoms with E-state index in [-0.39, 0.29) is 35.6 Å². The quantitative estimate of drug-likeness (QED) is 0.123. The van der Waals surface area contributed by atoms with Crippen molar-refractivity contribution >= 4 is 51.3 Å². The molecule has 0 amide bonds. The van der Waals surface area contributed by atoms with Crippen LogP contribution in [0.4, 0.5) is 0 Å². The minimum atomic E-state index is 0. The first-order valence-corrected chi connectivity index (χ1v) is 16.9. The molecule has 0 aliphatic heterocycles. The Morgan fingerprint density at radius 3 is 1.77 bits per heavy atom. The summed E-state index contributed by atoms with van der Waals surface area (Å²) in [6, 6.07) is 31.0. The summed E-state index contributed by atoms with van der Waals surface area (Å²) < 4.78 is 1.31. The zero-order valence-corrected chi connectivity index (χ0v) is 33.0. The molecule has 4 aromatic rings. The molecule has 0 atom stereocenters. The summed E-state index contributed by atoms with van der Waals surface area (Å²) in [7, 11) is 0. The molecule has 0 nitrogen and oxygen atoms in total. The molecule has 0 heterocycles. The molecule has 0 unspecified atom stereocenters. The SMILES string of the molecule is CC(C)(C)c1[c-]c2c(cc1)-c1ccc(C(C)(C)C)cc1C2.Cl.Cl.Clc1cccc([C](=[Hf+2])c2cccc(Cl)c2)c1.[C-]1=CC=CC1. The van der Waals surface area contributed by atoms with Crippen molar-refractivity contribution in [3.05, 3.63) is 153 Å². The summed E-state index contributed by atoms with van der Waals surface area (Å²) >= 11 is 12.9. The Morgan fingerprint density at radius 2 is 1.32 bits per heavy atom. The number of fused-ring (bicyclic) bond motifs is 3. The predicted molar refractivity (Wildman–Crippen MR) is 193 cm³/mol. The maximum Gasteiger partial charge on any atom is -0.109 e. The third-order valence-corrected chi connectivity index (χ3v) is 9.82. The van der Waals surface area contributed by atoms with Crippen molar-refractivity contribution in [1.82, 2.24) is 0 Å². The van der Waals surface area contributed by atoms with Crippen LogP contribution in [0.1, 0.15) is 81.3 Å². The van der Waals surface area contributed by atoms with Crippen LogP contribution in [0.25, 0.3) is 11.1 Å². The average molecular weight is 829 g/mol. The van der Waals surface area contributed by atoms with E-state index >= 15 is 0 Å². The van der Waals surface area contributed by atoms with E-state index in [4.69, 9.17) is 23.2 Å². The Hall–Kier alpha value is -1.74. The van der Waals surface area contributed by atoms with Crippen LogP contribution in [0, 0.1) is 12.1 Å². The summed E-state index contributed by atoms with van der Waals surface area (Å²) in [4.78, 5) is 0. The van der Waals surface area contributed by atoms with E-state index in [1.807, 2.05) is 48.6 Å². The van der Waals surface area contributed by atoms with Crippen molar-refractivity contribution in [2.45, 2.75) is 65.2 Å². The van der Waals surface area contributed by atoms with E-state index in [1.54, 1.807) is 0 Å². The molecule has 2 aliphatic carbocycles. The molecule has 0 aromatic heterocycles. The van der Waals surface area contributed by atoms with Gasteiger partial charge in [-0.25, -0.2) is 12.2 Å². The van der Waals surface area contributed by atoms with E-state index < -0.39 is 0 Å².